The number of anilines is 1. The standard InChI is InChI=1S/C39H35ClN2O2/c1-3-43-37-22-26(21-35(40)39(37)44-24-29-10-6-9-27-8-4-5-11-31(27)29)23-41-30-17-15-28(16-18-30)38-33-13-7-12-32(33)34-20-25(2)14-19-36(34)42-38/h4-12,14-23,32-33,38,42H,3,13,24H2,1-2H3/t32-,33-,38+/m1/s1. The number of nitrogens with zero attached hydrogens (tertiary/aromatic N) is 1. The van der Waals surface area contributed by atoms with Gasteiger partial charge in [0.15, 0.2) is 11.5 Å². The SMILES string of the molecule is CCOc1cc(C=Nc2ccc([C@@H]3Nc4ccc(C)cc4[C@@H]4C=CC[C@H]43)cc2)cc(Cl)c1OCc1cccc2ccccc12. The lowest BCUT2D eigenvalue weighted by Crippen LogP contribution is -2.29. The molecule has 0 unspecified atom stereocenters. The van der Waals surface area contributed by atoms with E-state index < -0.39 is 0 Å². The zero-order valence-corrected chi connectivity index (χ0v) is 25.7. The highest BCUT2D eigenvalue weighted by Gasteiger charge is 2.37. The lowest BCUT2D eigenvalue weighted by Gasteiger charge is -2.37. The van der Waals surface area contributed by atoms with Crippen molar-refractivity contribution < 1.29 is 9.47 Å². The van der Waals surface area contributed by atoms with Gasteiger partial charge < -0.3 is 14.8 Å². The predicted molar refractivity (Wildman–Crippen MR) is 182 cm³/mol. The first-order chi connectivity index (χ1) is 21.6. The Kier molecular flexibility index (Phi) is 7.84. The molecule has 1 heterocycles. The summed E-state index contributed by atoms with van der Waals surface area (Å²) in [6.07, 6.45) is 7.63. The van der Waals surface area contributed by atoms with E-state index >= 15 is 0 Å². The second kappa shape index (κ2) is 12.2. The maximum absolute atomic E-state index is 6.75. The van der Waals surface area contributed by atoms with Crippen LogP contribution in [0.4, 0.5) is 11.4 Å². The molecule has 0 saturated carbocycles. The molecule has 1 N–H and O–H groups in total. The summed E-state index contributed by atoms with van der Waals surface area (Å²) in [6, 6.07) is 33.9. The van der Waals surface area contributed by atoms with Crippen molar-refractivity contribution in [2.24, 2.45) is 10.9 Å². The lowest BCUT2D eigenvalue weighted by molar-refractivity contribution is 0.270. The number of allylic oxidation sites excluding steroid dienone is 2. The van der Waals surface area contributed by atoms with Crippen LogP contribution in [0.3, 0.4) is 0 Å². The number of halogens is 1. The third-order valence-electron chi connectivity index (χ3n) is 8.72. The predicted octanol–water partition coefficient (Wildman–Crippen LogP) is 10.4. The third-order valence-corrected chi connectivity index (χ3v) is 9.00. The fourth-order valence-corrected chi connectivity index (χ4v) is 6.87. The van der Waals surface area contributed by atoms with E-state index in [-0.39, 0.29) is 6.04 Å². The third kappa shape index (κ3) is 5.58. The summed E-state index contributed by atoms with van der Waals surface area (Å²) in [7, 11) is 0. The first-order valence-electron chi connectivity index (χ1n) is 15.3. The number of ether oxygens (including phenoxy) is 2. The quantitative estimate of drug-likeness (QED) is 0.143. The highest BCUT2D eigenvalue weighted by molar-refractivity contribution is 6.32. The summed E-state index contributed by atoms with van der Waals surface area (Å²) in [5.41, 5.74) is 8.07. The van der Waals surface area contributed by atoms with Gasteiger partial charge in [0.2, 0.25) is 0 Å². The molecule has 0 saturated heterocycles. The van der Waals surface area contributed by atoms with Gasteiger partial charge in [-0.2, -0.15) is 0 Å². The van der Waals surface area contributed by atoms with Crippen molar-refractivity contribution in [2.75, 3.05) is 11.9 Å². The Balaban J connectivity index is 1.08. The Labute approximate surface area is 264 Å². The van der Waals surface area contributed by atoms with Gasteiger partial charge in [-0.1, -0.05) is 96.0 Å². The van der Waals surface area contributed by atoms with E-state index in [9.17, 15) is 0 Å². The van der Waals surface area contributed by atoms with Gasteiger partial charge in [0.1, 0.15) is 6.61 Å². The molecule has 0 amide bonds. The summed E-state index contributed by atoms with van der Waals surface area (Å²) in [5.74, 6) is 2.12. The minimum Gasteiger partial charge on any atom is -0.490 e. The average Bonchev–Trinajstić information content (AvgIpc) is 3.54. The van der Waals surface area contributed by atoms with Crippen molar-refractivity contribution in [3.63, 3.8) is 0 Å². The minimum absolute atomic E-state index is 0.261. The molecule has 44 heavy (non-hydrogen) atoms. The van der Waals surface area contributed by atoms with Crippen LogP contribution in [0.1, 0.15) is 53.1 Å². The highest BCUT2D eigenvalue weighted by Crippen LogP contribution is 2.50. The van der Waals surface area contributed by atoms with Crippen LogP contribution in [0.2, 0.25) is 5.02 Å². The van der Waals surface area contributed by atoms with Gasteiger partial charge in [-0.3, -0.25) is 4.99 Å². The molecule has 5 heteroatoms. The second-order valence-electron chi connectivity index (χ2n) is 11.6. The van der Waals surface area contributed by atoms with Gasteiger partial charge in [-0.05, 0) is 89.5 Å². The zero-order chi connectivity index (χ0) is 30.0. The molecule has 1 aliphatic carbocycles. The number of aliphatic imine (C=N–C) groups is 1. The zero-order valence-electron chi connectivity index (χ0n) is 25.0. The van der Waals surface area contributed by atoms with Gasteiger partial charge >= 0.3 is 0 Å². The smallest absolute Gasteiger partial charge is 0.180 e. The number of fused-ring (bicyclic) bond motifs is 4. The number of nitrogens with one attached hydrogen (secondary N) is 1. The van der Waals surface area contributed by atoms with E-state index in [1.54, 1.807) is 0 Å². The fourth-order valence-electron chi connectivity index (χ4n) is 6.59. The van der Waals surface area contributed by atoms with Gasteiger partial charge in [0.25, 0.3) is 0 Å². The van der Waals surface area contributed by atoms with Crippen molar-refractivity contribution in [2.45, 2.75) is 38.8 Å². The number of aryl methyl sites for hydroxylation is 1. The molecule has 3 atom stereocenters. The van der Waals surface area contributed by atoms with Crippen LogP contribution in [-0.4, -0.2) is 12.8 Å². The second-order valence-corrected chi connectivity index (χ2v) is 12.0. The van der Waals surface area contributed by atoms with E-state index in [2.05, 4.69) is 91.1 Å². The van der Waals surface area contributed by atoms with Crippen LogP contribution in [0.5, 0.6) is 11.5 Å². The van der Waals surface area contributed by atoms with Crippen LogP contribution >= 0.6 is 11.6 Å². The van der Waals surface area contributed by atoms with Gasteiger partial charge in [-0.25, -0.2) is 0 Å². The number of rotatable bonds is 8. The Morgan fingerprint density at radius 3 is 2.64 bits per heavy atom. The van der Waals surface area contributed by atoms with Crippen LogP contribution < -0.4 is 14.8 Å². The highest BCUT2D eigenvalue weighted by atomic mass is 35.5. The van der Waals surface area contributed by atoms with Crippen molar-refractivity contribution in [3.05, 3.63) is 142 Å². The number of hydrogen-bond donors (Lipinski definition) is 1. The van der Waals surface area contributed by atoms with E-state index in [0.717, 1.165) is 28.6 Å². The molecular formula is C39H35ClN2O2. The average molecular weight is 599 g/mol. The largest absolute Gasteiger partial charge is 0.490 e. The molecule has 7 rings (SSSR count). The van der Waals surface area contributed by atoms with Gasteiger partial charge in [-0.15, -0.1) is 0 Å². The first-order valence-corrected chi connectivity index (χ1v) is 15.7. The molecule has 5 aromatic rings. The van der Waals surface area contributed by atoms with Crippen molar-refractivity contribution >= 4 is 40.0 Å². The molecule has 0 spiro atoms. The Hall–Kier alpha value is -4.54. The molecule has 0 fully saturated rings. The van der Waals surface area contributed by atoms with Crippen LogP contribution in [-0.2, 0) is 6.61 Å². The summed E-state index contributed by atoms with van der Waals surface area (Å²) in [4.78, 5) is 4.76. The first kappa shape index (κ1) is 28.2. The van der Waals surface area contributed by atoms with Crippen LogP contribution in [0.25, 0.3) is 10.8 Å². The molecular weight excluding hydrogens is 564 g/mol. The molecule has 2 aliphatic rings. The summed E-state index contributed by atoms with van der Waals surface area (Å²) >= 11 is 6.75. The Morgan fingerprint density at radius 1 is 0.932 bits per heavy atom. The Morgan fingerprint density at radius 2 is 1.77 bits per heavy atom. The normalized spacial score (nSPS) is 18.7. The molecule has 4 nitrogen and oxygen atoms in total. The summed E-state index contributed by atoms with van der Waals surface area (Å²) in [5, 5.41) is 6.67. The summed E-state index contributed by atoms with van der Waals surface area (Å²) in [6.45, 7) is 5.01. The molecule has 220 valence electrons. The maximum atomic E-state index is 6.75. The van der Waals surface area contributed by atoms with Crippen molar-refractivity contribution in [1.29, 1.82) is 0 Å². The van der Waals surface area contributed by atoms with E-state index in [1.165, 1.54) is 27.8 Å². The number of benzene rings is 5. The fraction of sp³-hybridized carbons (Fsp3) is 0.205. The minimum atomic E-state index is 0.261. The van der Waals surface area contributed by atoms with Crippen molar-refractivity contribution in [3.8, 4) is 11.5 Å². The number of hydrogen-bond acceptors (Lipinski definition) is 4. The molecule has 0 aromatic heterocycles. The van der Waals surface area contributed by atoms with Crippen molar-refractivity contribution in [1.82, 2.24) is 0 Å². The topological polar surface area (TPSA) is 42.8 Å². The van der Waals surface area contributed by atoms with Gasteiger partial charge in [0.05, 0.1) is 23.4 Å². The molecule has 0 bridgehead atoms. The lowest BCUT2D eigenvalue weighted by atomic mass is 9.76. The Bertz CT molecular complexity index is 1870. The summed E-state index contributed by atoms with van der Waals surface area (Å²) < 4.78 is 12.2. The van der Waals surface area contributed by atoms with Gasteiger partial charge in [0, 0.05) is 17.8 Å². The van der Waals surface area contributed by atoms with E-state index in [4.69, 9.17) is 26.1 Å². The molecule has 0 radical (unpaired) electrons. The van der Waals surface area contributed by atoms with E-state index in [0.29, 0.717) is 41.6 Å². The van der Waals surface area contributed by atoms with Crippen LogP contribution in [0, 0.1) is 12.8 Å². The maximum Gasteiger partial charge on any atom is 0.180 e. The molecule has 1 aliphatic heterocycles. The monoisotopic (exact) mass is 598 g/mol. The van der Waals surface area contributed by atoms with E-state index in [1.807, 2.05) is 43.5 Å². The molecule has 5 aromatic carbocycles. The van der Waals surface area contributed by atoms with Crippen LogP contribution in [0.15, 0.2) is 114 Å².